The molecule has 0 radical (unpaired) electrons. The molecule has 0 aliphatic carbocycles. The van der Waals surface area contributed by atoms with Crippen LogP contribution in [0, 0.1) is 0 Å². The molecule has 5 heteroatoms. The number of hydrogen-bond acceptors (Lipinski definition) is 5. The van der Waals surface area contributed by atoms with Crippen LogP contribution in [0.4, 0.5) is 0 Å². The van der Waals surface area contributed by atoms with Crippen LogP contribution in [0.3, 0.4) is 0 Å². The highest BCUT2D eigenvalue weighted by Gasteiger charge is 2.21. The molecule has 0 saturated carbocycles. The summed E-state index contributed by atoms with van der Waals surface area (Å²) in [6.45, 7) is 0. The number of benzene rings is 9. The summed E-state index contributed by atoms with van der Waals surface area (Å²) in [5.74, 6) is 2.36. The maximum Gasteiger partial charge on any atom is 0.227 e. The van der Waals surface area contributed by atoms with Crippen molar-refractivity contribution in [2.45, 2.75) is 0 Å². The first kappa shape index (κ1) is 34.2. The molecule has 9 aromatic carbocycles. The molecule has 0 aliphatic heterocycles. The predicted molar refractivity (Wildman–Crippen MR) is 240 cm³/mol. The monoisotopic (exact) mass is 754 g/mol. The molecule has 0 unspecified atom stereocenters. The molecule has 11 aromatic rings. The van der Waals surface area contributed by atoms with Crippen LogP contribution in [0.15, 0.2) is 211 Å². The van der Waals surface area contributed by atoms with E-state index in [1.54, 1.807) is 0 Å². The van der Waals surface area contributed by atoms with Gasteiger partial charge in [0.1, 0.15) is 5.52 Å². The lowest BCUT2D eigenvalue weighted by Gasteiger charge is -2.16. The Bertz CT molecular complexity index is 3320. The van der Waals surface area contributed by atoms with Crippen LogP contribution in [0.2, 0.25) is 0 Å². The van der Waals surface area contributed by atoms with Crippen molar-refractivity contribution in [2.24, 2.45) is 0 Å². The molecule has 2 aromatic heterocycles. The molecular weight excluding hydrogens is 721 g/mol. The van der Waals surface area contributed by atoms with Crippen molar-refractivity contribution in [3.63, 3.8) is 0 Å². The van der Waals surface area contributed by atoms with Gasteiger partial charge in [-0.2, -0.15) is 0 Å². The first-order valence-electron chi connectivity index (χ1n) is 19.7. The zero-order valence-corrected chi connectivity index (χ0v) is 31.8. The fourth-order valence-electron chi connectivity index (χ4n) is 8.16. The van der Waals surface area contributed by atoms with Gasteiger partial charge in [0, 0.05) is 27.6 Å². The third-order valence-corrected chi connectivity index (χ3v) is 11.0. The maximum absolute atomic E-state index is 6.61. The molecule has 0 atom stereocenters. The van der Waals surface area contributed by atoms with E-state index in [2.05, 4.69) is 152 Å². The van der Waals surface area contributed by atoms with Crippen LogP contribution in [-0.2, 0) is 0 Å². The average molecular weight is 755 g/mol. The topological polar surface area (TPSA) is 64.7 Å². The smallest absolute Gasteiger partial charge is 0.227 e. The Morgan fingerprint density at radius 3 is 1.59 bits per heavy atom. The molecule has 11 rings (SSSR count). The number of fused-ring (bicyclic) bond motifs is 4. The minimum Gasteiger partial charge on any atom is -0.435 e. The van der Waals surface area contributed by atoms with Crippen LogP contribution in [0.1, 0.15) is 0 Å². The molecule has 0 fully saturated rings. The second-order valence-electron chi connectivity index (χ2n) is 14.6. The van der Waals surface area contributed by atoms with Gasteiger partial charge in [0.05, 0.1) is 0 Å². The van der Waals surface area contributed by atoms with E-state index in [1.165, 1.54) is 0 Å². The van der Waals surface area contributed by atoms with Gasteiger partial charge in [0.15, 0.2) is 23.1 Å². The Hall–Kier alpha value is -8.02. The summed E-state index contributed by atoms with van der Waals surface area (Å²) in [6.07, 6.45) is 0. The minimum absolute atomic E-state index is 0.575. The van der Waals surface area contributed by atoms with Crippen molar-refractivity contribution < 1.29 is 4.42 Å². The van der Waals surface area contributed by atoms with Crippen LogP contribution in [-0.4, -0.2) is 19.9 Å². The lowest BCUT2D eigenvalue weighted by molar-refractivity contribution is 0.623. The van der Waals surface area contributed by atoms with Crippen LogP contribution in [0.25, 0.3) is 112 Å². The van der Waals surface area contributed by atoms with Crippen molar-refractivity contribution in [2.75, 3.05) is 0 Å². The lowest BCUT2D eigenvalue weighted by atomic mass is 9.93. The third kappa shape index (κ3) is 6.22. The fraction of sp³-hybridized carbons (Fsp3) is 0. The van der Waals surface area contributed by atoms with E-state index in [1.807, 2.05) is 54.6 Å². The van der Waals surface area contributed by atoms with Crippen LogP contribution >= 0.6 is 0 Å². The minimum atomic E-state index is 0.575. The molecule has 0 spiro atoms. The third-order valence-electron chi connectivity index (χ3n) is 11.0. The van der Waals surface area contributed by atoms with Crippen molar-refractivity contribution >= 4 is 32.6 Å². The Morgan fingerprint density at radius 2 is 0.847 bits per heavy atom. The summed E-state index contributed by atoms with van der Waals surface area (Å²) < 4.78 is 6.61. The Morgan fingerprint density at radius 1 is 0.305 bits per heavy atom. The van der Waals surface area contributed by atoms with E-state index in [9.17, 15) is 0 Å². The van der Waals surface area contributed by atoms with Gasteiger partial charge in [-0.3, -0.25) is 0 Å². The second-order valence-corrected chi connectivity index (χ2v) is 14.6. The van der Waals surface area contributed by atoms with Gasteiger partial charge >= 0.3 is 0 Å². The van der Waals surface area contributed by atoms with E-state index < -0.39 is 0 Å². The zero-order valence-electron chi connectivity index (χ0n) is 31.8. The van der Waals surface area contributed by atoms with Gasteiger partial charge in [0.25, 0.3) is 0 Å². The van der Waals surface area contributed by atoms with E-state index in [4.69, 9.17) is 24.4 Å². The van der Waals surface area contributed by atoms with Crippen molar-refractivity contribution in [1.29, 1.82) is 0 Å². The number of aromatic nitrogens is 4. The first-order chi connectivity index (χ1) is 29.2. The molecule has 2 heterocycles. The summed E-state index contributed by atoms with van der Waals surface area (Å²) in [7, 11) is 0. The Labute approximate surface area is 341 Å². The highest BCUT2D eigenvalue weighted by Crippen LogP contribution is 2.42. The predicted octanol–water partition coefficient (Wildman–Crippen LogP) is 14.0. The summed E-state index contributed by atoms with van der Waals surface area (Å²) in [5, 5.41) is 4.23. The first-order valence-corrected chi connectivity index (χ1v) is 19.7. The van der Waals surface area contributed by atoms with E-state index in [0.717, 1.165) is 88.3 Å². The molecule has 0 N–H and O–H groups in total. The van der Waals surface area contributed by atoms with Crippen molar-refractivity contribution in [1.82, 2.24) is 19.9 Å². The number of oxazole rings is 1. The summed E-state index contributed by atoms with van der Waals surface area (Å²) >= 11 is 0. The fourth-order valence-corrected chi connectivity index (χ4v) is 8.16. The summed E-state index contributed by atoms with van der Waals surface area (Å²) in [6, 6.07) is 71.1. The SMILES string of the molecule is c1ccc(-c2ccc(-c3nc(-c4ccccc4-c4cccc5ccc6nc(-c7ccccc7)oc6c45)nc(-c4cccc5ccccc45)n3)c(-c3ccccc3)c2)cc1. The molecule has 0 amide bonds. The standard InChI is InChI=1S/C54H34N4O/c1-4-16-35(17-5-1)40-30-32-46(47(34-40)37-18-6-2-7-19-37)53-57-51(44-29-14-23-36-20-10-11-25-41(36)44)56-52(58-53)45-27-13-12-26-42(45)43-28-15-24-38-31-33-48-50(49(38)43)59-54(55-48)39-21-8-3-9-22-39/h1-34H. The average Bonchev–Trinajstić information content (AvgIpc) is 3.77. The summed E-state index contributed by atoms with van der Waals surface area (Å²) in [5.41, 5.74) is 11.6. The van der Waals surface area contributed by atoms with E-state index >= 15 is 0 Å². The molecule has 0 saturated heterocycles. The molecule has 0 bridgehead atoms. The molecule has 59 heavy (non-hydrogen) atoms. The highest BCUT2D eigenvalue weighted by molar-refractivity contribution is 6.12. The normalized spacial score (nSPS) is 11.4. The van der Waals surface area contributed by atoms with Crippen molar-refractivity contribution in [3.8, 4) is 79.0 Å². The highest BCUT2D eigenvalue weighted by atomic mass is 16.3. The Kier molecular flexibility index (Phi) is 8.41. The zero-order chi connectivity index (χ0) is 39.1. The number of hydrogen-bond donors (Lipinski definition) is 0. The van der Waals surface area contributed by atoms with Crippen LogP contribution in [0.5, 0.6) is 0 Å². The number of rotatable bonds is 7. The molecular formula is C54H34N4O. The van der Waals surface area contributed by atoms with Gasteiger partial charge in [-0.25, -0.2) is 19.9 Å². The van der Waals surface area contributed by atoms with E-state index in [-0.39, 0.29) is 0 Å². The van der Waals surface area contributed by atoms with E-state index in [0.29, 0.717) is 23.4 Å². The number of nitrogens with zero attached hydrogens (tertiary/aromatic N) is 4. The largest absolute Gasteiger partial charge is 0.435 e. The van der Waals surface area contributed by atoms with Gasteiger partial charge < -0.3 is 4.42 Å². The summed E-state index contributed by atoms with van der Waals surface area (Å²) in [4.78, 5) is 21.0. The van der Waals surface area contributed by atoms with Gasteiger partial charge in [-0.05, 0) is 79.9 Å². The quantitative estimate of drug-likeness (QED) is 0.162. The van der Waals surface area contributed by atoms with Gasteiger partial charge in [-0.1, -0.05) is 176 Å². The maximum atomic E-state index is 6.61. The van der Waals surface area contributed by atoms with Gasteiger partial charge in [0.2, 0.25) is 5.89 Å². The van der Waals surface area contributed by atoms with Gasteiger partial charge in [-0.15, -0.1) is 0 Å². The lowest BCUT2D eigenvalue weighted by Crippen LogP contribution is -2.02. The Balaban J connectivity index is 1.16. The molecule has 5 nitrogen and oxygen atoms in total. The molecule has 0 aliphatic rings. The molecule has 276 valence electrons. The second kappa shape index (κ2) is 14.5. The van der Waals surface area contributed by atoms with Crippen LogP contribution < -0.4 is 0 Å². The van der Waals surface area contributed by atoms with Crippen molar-refractivity contribution in [3.05, 3.63) is 206 Å².